The Morgan fingerprint density at radius 1 is 1.11 bits per heavy atom. The maximum atomic E-state index is 11.8. The van der Waals surface area contributed by atoms with Crippen molar-refractivity contribution in [2.75, 3.05) is 26.2 Å². The van der Waals surface area contributed by atoms with Gasteiger partial charge in [0.15, 0.2) is 0 Å². The van der Waals surface area contributed by atoms with Gasteiger partial charge in [-0.2, -0.15) is 0 Å². The van der Waals surface area contributed by atoms with Crippen LogP contribution in [-0.4, -0.2) is 42.7 Å². The minimum Gasteiger partial charge on any atom is -0.492 e. The van der Waals surface area contributed by atoms with Crippen LogP contribution in [0.3, 0.4) is 0 Å². The molecule has 0 saturated carbocycles. The Kier molecular flexibility index (Phi) is 9.31. The van der Waals surface area contributed by atoms with Crippen LogP contribution in [0.1, 0.15) is 73.3 Å². The van der Waals surface area contributed by atoms with Crippen molar-refractivity contribution in [3.05, 3.63) is 29.8 Å². The van der Waals surface area contributed by atoms with Gasteiger partial charge >= 0.3 is 5.97 Å². The van der Waals surface area contributed by atoms with Crippen LogP contribution < -0.4 is 4.74 Å². The molecule has 1 aromatic carbocycles. The highest BCUT2D eigenvalue weighted by Crippen LogP contribution is 2.45. The maximum Gasteiger partial charge on any atom is 0.307 e. The molecule has 4 nitrogen and oxygen atoms in total. The van der Waals surface area contributed by atoms with Crippen LogP contribution in [-0.2, 0) is 14.9 Å². The van der Waals surface area contributed by atoms with Crippen molar-refractivity contribution < 1.29 is 14.3 Å². The number of rotatable bonds is 3. The average molecular weight is 378 g/mol. The van der Waals surface area contributed by atoms with E-state index in [4.69, 9.17) is 9.47 Å². The van der Waals surface area contributed by atoms with Crippen LogP contribution in [0.25, 0.3) is 0 Å². The molecule has 2 aliphatic rings. The van der Waals surface area contributed by atoms with Gasteiger partial charge in [0, 0.05) is 17.5 Å². The highest BCUT2D eigenvalue weighted by Gasteiger charge is 2.42. The number of hydrogen-bond acceptors (Lipinski definition) is 4. The fraction of sp³-hybridized carbons (Fsp3) is 0.696. The van der Waals surface area contributed by atoms with E-state index in [0.717, 1.165) is 44.8 Å². The Labute approximate surface area is 166 Å². The van der Waals surface area contributed by atoms with Crippen molar-refractivity contribution in [3.63, 3.8) is 0 Å². The lowest BCUT2D eigenvalue weighted by molar-refractivity contribution is -0.155. The first-order valence-electron chi connectivity index (χ1n) is 10.5. The summed E-state index contributed by atoms with van der Waals surface area (Å²) in [7, 11) is 0. The molecular formula is C23H39NO3. The molecule has 0 radical (unpaired) electrons. The average Bonchev–Trinajstić information content (AvgIpc) is 3.02. The fourth-order valence-electron chi connectivity index (χ4n) is 3.58. The molecule has 1 spiro atoms. The number of likely N-dealkylation sites (tertiary alicyclic amines) is 1. The highest BCUT2D eigenvalue weighted by atomic mass is 16.6. The molecule has 2 heterocycles. The third-order valence-corrected chi connectivity index (χ3v) is 4.83. The first kappa shape index (κ1) is 23.5. The van der Waals surface area contributed by atoms with Gasteiger partial charge in [-0.05, 0) is 52.8 Å². The molecule has 154 valence electrons. The van der Waals surface area contributed by atoms with Crippen molar-refractivity contribution in [2.45, 2.75) is 78.7 Å². The minimum atomic E-state index is -0.395. The van der Waals surface area contributed by atoms with E-state index >= 15 is 0 Å². The molecule has 2 aliphatic heterocycles. The zero-order valence-corrected chi connectivity index (χ0v) is 18.4. The number of benzene rings is 1. The van der Waals surface area contributed by atoms with E-state index in [9.17, 15) is 4.79 Å². The van der Waals surface area contributed by atoms with Crippen LogP contribution in [0.15, 0.2) is 24.3 Å². The summed E-state index contributed by atoms with van der Waals surface area (Å²) in [6.45, 7) is 17.3. The molecule has 4 heteroatoms. The standard InChI is InChI=1S/C19H27NO3.2C2H6/c1-18(2,3)23-17(21)8-11-20-12-9-19(10-13-20)14-22-16-7-5-4-6-15(16)19;2*1-2/h4-7H,8-14H2,1-3H3;2*1-2H3. The quantitative estimate of drug-likeness (QED) is 0.679. The van der Waals surface area contributed by atoms with Gasteiger partial charge in [0.1, 0.15) is 11.4 Å². The predicted molar refractivity (Wildman–Crippen MR) is 112 cm³/mol. The fourth-order valence-corrected chi connectivity index (χ4v) is 3.58. The third kappa shape index (κ3) is 6.53. The van der Waals surface area contributed by atoms with Crippen molar-refractivity contribution in [2.24, 2.45) is 0 Å². The number of carbonyl (C=O) groups is 1. The summed E-state index contributed by atoms with van der Waals surface area (Å²) in [5.41, 5.74) is 1.15. The Morgan fingerprint density at radius 2 is 1.70 bits per heavy atom. The van der Waals surface area contributed by atoms with Crippen LogP contribution >= 0.6 is 0 Å². The van der Waals surface area contributed by atoms with Crippen molar-refractivity contribution >= 4 is 5.97 Å². The van der Waals surface area contributed by atoms with E-state index in [1.807, 2.05) is 54.5 Å². The molecule has 1 aromatic rings. The molecule has 1 fully saturated rings. The summed E-state index contributed by atoms with van der Waals surface area (Å²) in [5, 5.41) is 0. The Hall–Kier alpha value is -1.55. The lowest BCUT2D eigenvalue weighted by Crippen LogP contribution is -2.44. The van der Waals surface area contributed by atoms with E-state index in [0.29, 0.717) is 6.42 Å². The number of fused-ring (bicyclic) bond motifs is 2. The van der Waals surface area contributed by atoms with Gasteiger partial charge in [-0.1, -0.05) is 45.9 Å². The summed E-state index contributed by atoms with van der Waals surface area (Å²) in [5.74, 6) is 0.946. The summed E-state index contributed by atoms with van der Waals surface area (Å²) in [6, 6.07) is 8.41. The first-order valence-corrected chi connectivity index (χ1v) is 10.5. The van der Waals surface area contributed by atoms with E-state index in [1.165, 1.54) is 5.56 Å². The monoisotopic (exact) mass is 377 g/mol. The molecule has 0 N–H and O–H groups in total. The second kappa shape index (κ2) is 10.7. The molecule has 0 atom stereocenters. The van der Waals surface area contributed by atoms with Crippen molar-refractivity contribution in [1.29, 1.82) is 0 Å². The molecule has 0 aromatic heterocycles. The Morgan fingerprint density at radius 3 is 2.30 bits per heavy atom. The zero-order chi connectivity index (χ0) is 20.5. The van der Waals surface area contributed by atoms with Crippen molar-refractivity contribution in [1.82, 2.24) is 4.90 Å². The lowest BCUT2D eigenvalue weighted by Gasteiger charge is -2.38. The summed E-state index contributed by atoms with van der Waals surface area (Å²) >= 11 is 0. The van der Waals surface area contributed by atoms with E-state index in [-0.39, 0.29) is 11.4 Å². The number of piperidine rings is 1. The molecule has 3 rings (SSSR count). The summed E-state index contributed by atoms with van der Waals surface area (Å²) in [4.78, 5) is 14.2. The van der Waals surface area contributed by atoms with Gasteiger partial charge in [-0.15, -0.1) is 0 Å². The molecular weight excluding hydrogens is 338 g/mol. The number of esters is 1. The Bertz CT molecular complexity index is 569. The van der Waals surface area contributed by atoms with Crippen LogP contribution in [0.5, 0.6) is 5.75 Å². The second-order valence-electron chi connectivity index (χ2n) is 7.74. The topological polar surface area (TPSA) is 38.8 Å². The van der Waals surface area contributed by atoms with Crippen LogP contribution in [0.4, 0.5) is 0 Å². The molecule has 1 saturated heterocycles. The van der Waals surface area contributed by atoms with Gasteiger partial charge in [0.05, 0.1) is 13.0 Å². The van der Waals surface area contributed by atoms with Gasteiger partial charge in [-0.3, -0.25) is 4.79 Å². The van der Waals surface area contributed by atoms with E-state index in [2.05, 4.69) is 23.1 Å². The minimum absolute atomic E-state index is 0.104. The highest BCUT2D eigenvalue weighted by molar-refractivity contribution is 5.70. The number of para-hydroxylation sites is 1. The van der Waals surface area contributed by atoms with Crippen molar-refractivity contribution in [3.8, 4) is 5.75 Å². The number of ether oxygens (including phenoxy) is 2. The summed E-state index contributed by atoms with van der Waals surface area (Å²) in [6.07, 6.45) is 2.66. The van der Waals surface area contributed by atoms with E-state index in [1.54, 1.807) is 0 Å². The normalized spacial score (nSPS) is 17.6. The SMILES string of the molecule is CC.CC.CC(C)(C)OC(=O)CCN1CCC2(CC1)COc1ccccc12. The lowest BCUT2D eigenvalue weighted by atomic mass is 9.74. The smallest absolute Gasteiger partial charge is 0.307 e. The largest absolute Gasteiger partial charge is 0.492 e. The van der Waals surface area contributed by atoms with Gasteiger partial charge in [0.25, 0.3) is 0 Å². The molecule has 27 heavy (non-hydrogen) atoms. The first-order chi connectivity index (χ1) is 12.9. The maximum absolute atomic E-state index is 11.8. The van der Waals surface area contributed by atoms with Crippen LogP contribution in [0.2, 0.25) is 0 Å². The van der Waals surface area contributed by atoms with E-state index < -0.39 is 5.60 Å². The Balaban J connectivity index is 0.000000855. The second-order valence-corrected chi connectivity index (χ2v) is 7.74. The van der Waals surface area contributed by atoms with Gasteiger partial charge in [-0.25, -0.2) is 0 Å². The number of carbonyl (C=O) groups excluding carboxylic acids is 1. The molecule has 0 unspecified atom stereocenters. The molecule has 0 aliphatic carbocycles. The zero-order valence-electron chi connectivity index (χ0n) is 18.4. The predicted octanol–water partition coefficient (Wildman–Crippen LogP) is 5.20. The number of hydrogen-bond donors (Lipinski definition) is 0. The van der Waals surface area contributed by atoms with Gasteiger partial charge in [0.2, 0.25) is 0 Å². The van der Waals surface area contributed by atoms with Crippen LogP contribution in [0, 0.1) is 0 Å². The molecule has 0 bridgehead atoms. The summed E-state index contributed by atoms with van der Waals surface area (Å²) < 4.78 is 11.3. The third-order valence-electron chi connectivity index (χ3n) is 4.83. The molecule has 0 amide bonds. The number of nitrogens with zero attached hydrogens (tertiary/aromatic N) is 1. The van der Waals surface area contributed by atoms with Gasteiger partial charge < -0.3 is 14.4 Å².